The number of piperidine rings is 1. The lowest BCUT2D eigenvalue weighted by atomic mass is 9.96. The van der Waals surface area contributed by atoms with E-state index in [-0.39, 0.29) is 29.6 Å². The van der Waals surface area contributed by atoms with Gasteiger partial charge in [-0.25, -0.2) is 0 Å². The predicted molar refractivity (Wildman–Crippen MR) is 78.4 cm³/mol. The highest BCUT2D eigenvalue weighted by Gasteiger charge is 2.30. The molecule has 1 aliphatic heterocycles. The lowest BCUT2D eigenvalue weighted by Gasteiger charge is -2.34. The summed E-state index contributed by atoms with van der Waals surface area (Å²) in [4.78, 5) is 38.9. The highest BCUT2D eigenvalue weighted by Crippen LogP contribution is 2.19. The van der Waals surface area contributed by atoms with Crippen molar-refractivity contribution in [2.24, 2.45) is 11.8 Å². The number of rotatable bonds is 5. The summed E-state index contributed by atoms with van der Waals surface area (Å²) < 4.78 is 4.67. The Balaban J connectivity index is 2.57. The number of carbonyl (C=O) groups excluding carboxylic acids is 3. The van der Waals surface area contributed by atoms with Crippen molar-refractivity contribution in [2.45, 2.75) is 33.1 Å². The van der Waals surface area contributed by atoms with Gasteiger partial charge in [0.05, 0.1) is 18.9 Å². The van der Waals surface area contributed by atoms with Crippen molar-refractivity contribution in [3.8, 4) is 0 Å². The van der Waals surface area contributed by atoms with Gasteiger partial charge in [0.2, 0.25) is 11.8 Å². The van der Waals surface area contributed by atoms with E-state index in [1.54, 1.807) is 23.8 Å². The third-order valence-electron chi connectivity index (χ3n) is 3.95. The molecule has 120 valence electrons. The summed E-state index contributed by atoms with van der Waals surface area (Å²) in [5.74, 6) is -0.733. The molecular weight excluding hydrogens is 272 g/mol. The van der Waals surface area contributed by atoms with Crippen molar-refractivity contribution < 1.29 is 19.1 Å². The van der Waals surface area contributed by atoms with Crippen LogP contribution in [0.1, 0.15) is 33.1 Å². The molecule has 0 aliphatic carbocycles. The smallest absolute Gasteiger partial charge is 0.310 e. The van der Waals surface area contributed by atoms with Gasteiger partial charge in [-0.1, -0.05) is 13.8 Å². The molecule has 2 unspecified atom stereocenters. The first kappa shape index (κ1) is 17.5. The molecule has 1 heterocycles. The molecular formula is C15H26N2O4. The number of likely N-dealkylation sites (tertiary alicyclic amines) is 1. The minimum Gasteiger partial charge on any atom is -0.469 e. The second-order valence-electron chi connectivity index (χ2n) is 5.68. The Labute approximate surface area is 126 Å². The van der Waals surface area contributed by atoms with E-state index in [4.69, 9.17) is 0 Å². The number of hydrogen-bond acceptors (Lipinski definition) is 4. The summed E-state index contributed by atoms with van der Waals surface area (Å²) in [6.45, 7) is 5.13. The van der Waals surface area contributed by atoms with Crippen molar-refractivity contribution >= 4 is 17.8 Å². The molecule has 0 bridgehead atoms. The van der Waals surface area contributed by atoms with Gasteiger partial charge < -0.3 is 14.5 Å². The lowest BCUT2D eigenvalue weighted by molar-refractivity contribution is -0.147. The van der Waals surface area contributed by atoms with Crippen LogP contribution in [0.5, 0.6) is 0 Å². The highest BCUT2D eigenvalue weighted by atomic mass is 16.5. The third-order valence-corrected chi connectivity index (χ3v) is 3.95. The van der Waals surface area contributed by atoms with Crippen LogP contribution in [0.4, 0.5) is 0 Å². The first-order chi connectivity index (χ1) is 9.90. The maximum Gasteiger partial charge on any atom is 0.310 e. The number of carbonyl (C=O) groups is 3. The summed E-state index contributed by atoms with van der Waals surface area (Å²) in [7, 11) is 3.04. The molecule has 0 spiro atoms. The van der Waals surface area contributed by atoms with Gasteiger partial charge in [-0.15, -0.1) is 0 Å². The topological polar surface area (TPSA) is 66.9 Å². The van der Waals surface area contributed by atoms with Crippen molar-refractivity contribution in [1.29, 1.82) is 0 Å². The molecule has 0 radical (unpaired) electrons. The third kappa shape index (κ3) is 4.72. The summed E-state index contributed by atoms with van der Waals surface area (Å²) in [6.07, 6.45) is 2.11. The van der Waals surface area contributed by atoms with Crippen molar-refractivity contribution in [3.63, 3.8) is 0 Å². The average Bonchev–Trinajstić information content (AvgIpc) is 2.52. The normalized spacial score (nSPS) is 19.8. The van der Waals surface area contributed by atoms with Crippen LogP contribution in [-0.2, 0) is 19.1 Å². The number of methoxy groups -OCH3 is 1. The van der Waals surface area contributed by atoms with E-state index in [0.29, 0.717) is 19.5 Å². The van der Waals surface area contributed by atoms with Crippen LogP contribution in [0.2, 0.25) is 0 Å². The van der Waals surface area contributed by atoms with Crippen molar-refractivity contribution in [1.82, 2.24) is 9.80 Å². The fraction of sp³-hybridized carbons (Fsp3) is 0.800. The molecule has 0 saturated carbocycles. The Bertz CT molecular complexity index is 397. The largest absolute Gasteiger partial charge is 0.469 e. The van der Waals surface area contributed by atoms with Crippen LogP contribution >= 0.6 is 0 Å². The van der Waals surface area contributed by atoms with Gasteiger partial charge in [-0.2, -0.15) is 0 Å². The molecule has 1 fully saturated rings. The maximum atomic E-state index is 12.4. The quantitative estimate of drug-likeness (QED) is 0.707. The monoisotopic (exact) mass is 298 g/mol. The standard InChI is InChI=1S/C15H26N2O4/c1-5-13(18)17-8-6-7-12(10-17)14(19)16(3)9-11(2)15(20)21-4/h11-12H,5-10H2,1-4H3. The SMILES string of the molecule is CCC(=O)N1CCCC(C(=O)N(C)CC(C)C(=O)OC)C1. The van der Waals surface area contributed by atoms with E-state index in [9.17, 15) is 14.4 Å². The first-order valence-electron chi connectivity index (χ1n) is 7.51. The van der Waals surface area contributed by atoms with Gasteiger partial charge in [0.1, 0.15) is 0 Å². The minimum atomic E-state index is -0.346. The molecule has 6 nitrogen and oxygen atoms in total. The van der Waals surface area contributed by atoms with E-state index >= 15 is 0 Å². The fourth-order valence-corrected chi connectivity index (χ4v) is 2.72. The van der Waals surface area contributed by atoms with Crippen LogP contribution in [0, 0.1) is 11.8 Å². The van der Waals surface area contributed by atoms with E-state index in [1.807, 2.05) is 6.92 Å². The summed E-state index contributed by atoms with van der Waals surface area (Å²) in [6, 6.07) is 0. The minimum absolute atomic E-state index is 0.000596. The number of nitrogens with zero attached hydrogens (tertiary/aromatic N) is 2. The highest BCUT2D eigenvalue weighted by molar-refractivity contribution is 5.82. The van der Waals surface area contributed by atoms with Gasteiger partial charge >= 0.3 is 5.97 Å². The van der Waals surface area contributed by atoms with Gasteiger partial charge in [0.25, 0.3) is 0 Å². The summed E-state index contributed by atoms with van der Waals surface area (Å²) >= 11 is 0. The lowest BCUT2D eigenvalue weighted by Crippen LogP contribution is -2.46. The van der Waals surface area contributed by atoms with E-state index < -0.39 is 0 Å². The Morgan fingerprint density at radius 3 is 2.62 bits per heavy atom. The molecule has 0 N–H and O–H groups in total. The van der Waals surface area contributed by atoms with Crippen LogP contribution in [0.3, 0.4) is 0 Å². The molecule has 1 rings (SSSR count). The molecule has 1 aliphatic rings. The van der Waals surface area contributed by atoms with Gasteiger partial charge in [-0.3, -0.25) is 14.4 Å². The van der Waals surface area contributed by atoms with Crippen LogP contribution in [-0.4, -0.2) is 61.4 Å². The number of hydrogen-bond donors (Lipinski definition) is 0. The Hall–Kier alpha value is -1.59. The number of ether oxygens (including phenoxy) is 1. The zero-order chi connectivity index (χ0) is 16.0. The molecule has 21 heavy (non-hydrogen) atoms. The summed E-state index contributed by atoms with van der Waals surface area (Å²) in [5.41, 5.74) is 0. The molecule has 2 atom stereocenters. The van der Waals surface area contributed by atoms with Gasteiger partial charge in [0, 0.05) is 33.1 Å². The molecule has 1 saturated heterocycles. The second-order valence-corrected chi connectivity index (χ2v) is 5.68. The molecule has 0 aromatic rings. The molecule has 0 aromatic heterocycles. The van der Waals surface area contributed by atoms with Crippen LogP contribution < -0.4 is 0 Å². The fourth-order valence-electron chi connectivity index (χ4n) is 2.72. The Morgan fingerprint density at radius 2 is 2.05 bits per heavy atom. The van der Waals surface area contributed by atoms with Crippen LogP contribution in [0.15, 0.2) is 0 Å². The molecule has 2 amide bonds. The van der Waals surface area contributed by atoms with Crippen molar-refractivity contribution in [3.05, 3.63) is 0 Å². The molecule has 6 heteroatoms. The number of amides is 2. The van der Waals surface area contributed by atoms with E-state index in [2.05, 4.69) is 4.74 Å². The summed E-state index contributed by atoms with van der Waals surface area (Å²) in [5, 5.41) is 0. The Morgan fingerprint density at radius 1 is 1.38 bits per heavy atom. The second kappa shape index (κ2) is 8.00. The van der Waals surface area contributed by atoms with Gasteiger partial charge in [0.15, 0.2) is 0 Å². The van der Waals surface area contributed by atoms with Crippen molar-refractivity contribution in [2.75, 3.05) is 33.8 Å². The van der Waals surface area contributed by atoms with E-state index in [1.165, 1.54) is 7.11 Å². The van der Waals surface area contributed by atoms with Crippen LogP contribution in [0.25, 0.3) is 0 Å². The maximum absolute atomic E-state index is 12.4. The average molecular weight is 298 g/mol. The zero-order valence-corrected chi connectivity index (χ0v) is 13.4. The number of esters is 1. The van der Waals surface area contributed by atoms with Gasteiger partial charge in [-0.05, 0) is 12.8 Å². The zero-order valence-electron chi connectivity index (χ0n) is 13.4. The first-order valence-corrected chi connectivity index (χ1v) is 7.51. The predicted octanol–water partition coefficient (Wildman–Crippen LogP) is 0.903. The molecule has 0 aromatic carbocycles. The van der Waals surface area contributed by atoms with E-state index in [0.717, 1.165) is 19.4 Å². The Kier molecular flexibility index (Phi) is 6.65.